The molecule has 118 valence electrons. The van der Waals surface area contributed by atoms with Gasteiger partial charge in [-0.1, -0.05) is 35.0 Å². The second kappa shape index (κ2) is 6.65. The molecule has 0 bridgehead atoms. The van der Waals surface area contributed by atoms with Crippen LogP contribution in [0.25, 0.3) is 5.69 Å². The molecule has 0 saturated heterocycles. The van der Waals surface area contributed by atoms with E-state index in [0.29, 0.717) is 38.2 Å². The molecule has 2 aromatic heterocycles. The normalized spacial score (nSPS) is 10.9. The van der Waals surface area contributed by atoms with E-state index in [9.17, 15) is 4.79 Å². The van der Waals surface area contributed by atoms with E-state index in [4.69, 9.17) is 23.2 Å². The summed E-state index contributed by atoms with van der Waals surface area (Å²) in [5.41, 5.74) is 0.727. The van der Waals surface area contributed by atoms with Gasteiger partial charge in [0.1, 0.15) is 5.69 Å². The Bertz CT molecular complexity index is 910. The topological polar surface area (TPSA) is 102 Å². The standard InChI is InChI=1S/C12H9Cl2N7OS/c1-6-11(22)15-12(18-16-6)23-5-10-17-19-20-21(10)7-2-3-8(13)9(14)4-7/h2-4H,5H2,1H3,(H,15,18,22). The number of benzene rings is 1. The summed E-state index contributed by atoms with van der Waals surface area (Å²) in [7, 11) is 0. The second-order valence-electron chi connectivity index (χ2n) is 4.44. The van der Waals surface area contributed by atoms with Crippen molar-refractivity contribution in [2.24, 2.45) is 0 Å². The number of halogens is 2. The fraction of sp³-hybridized carbons (Fsp3) is 0.167. The summed E-state index contributed by atoms with van der Waals surface area (Å²) >= 11 is 13.2. The molecule has 0 saturated carbocycles. The van der Waals surface area contributed by atoms with Crippen molar-refractivity contribution in [3.8, 4) is 5.69 Å². The van der Waals surface area contributed by atoms with Crippen molar-refractivity contribution in [2.45, 2.75) is 17.8 Å². The molecule has 0 fully saturated rings. The highest BCUT2D eigenvalue weighted by atomic mass is 35.5. The predicted molar refractivity (Wildman–Crippen MR) is 86.1 cm³/mol. The third-order valence-electron chi connectivity index (χ3n) is 2.86. The van der Waals surface area contributed by atoms with Crippen LogP contribution in [0, 0.1) is 6.92 Å². The van der Waals surface area contributed by atoms with Gasteiger partial charge in [-0.05, 0) is 35.5 Å². The largest absolute Gasteiger partial charge is 0.298 e. The van der Waals surface area contributed by atoms with Crippen molar-refractivity contribution < 1.29 is 0 Å². The van der Waals surface area contributed by atoms with Crippen LogP contribution in [0.5, 0.6) is 0 Å². The van der Waals surface area contributed by atoms with Crippen molar-refractivity contribution in [3.63, 3.8) is 0 Å². The first-order valence-electron chi connectivity index (χ1n) is 6.33. The molecule has 0 spiro atoms. The summed E-state index contributed by atoms with van der Waals surface area (Å²) in [4.78, 5) is 14.1. The summed E-state index contributed by atoms with van der Waals surface area (Å²) in [5.74, 6) is 0.956. The quantitative estimate of drug-likeness (QED) is 0.701. The lowest BCUT2D eigenvalue weighted by Crippen LogP contribution is -2.14. The Hall–Kier alpha value is -1.97. The Morgan fingerprint density at radius 3 is 2.78 bits per heavy atom. The molecule has 0 radical (unpaired) electrons. The van der Waals surface area contributed by atoms with E-state index in [2.05, 4.69) is 30.7 Å². The van der Waals surface area contributed by atoms with Crippen LogP contribution < -0.4 is 5.56 Å². The highest BCUT2D eigenvalue weighted by molar-refractivity contribution is 7.98. The maximum atomic E-state index is 11.5. The summed E-state index contributed by atoms with van der Waals surface area (Å²) in [6.45, 7) is 1.59. The molecule has 11 heteroatoms. The van der Waals surface area contributed by atoms with E-state index in [0.717, 1.165) is 0 Å². The molecule has 0 unspecified atom stereocenters. The Morgan fingerprint density at radius 2 is 2.04 bits per heavy atom. The summed E-state index contributed by atoms with van der Waals surface area (Å²) in [5, 5.41) is 20.5. The number of hydrogen-bond donors (Lipinski definition) is 1. The first-order valence-corrected chi connectivity index (χ1v) is 8.08. The number of nitrogens with zero attached hydrogens (tertiary/aromatic N) is 6. The number of rotatable bonds is 4. The zero-order valence-electron chi connectivity index (χ0n) is 11.7. The van der Waals surface area contributed by atoms with Crippen molar-refractivity contribution in [3.05, 3.63) is 50.1 Å². The number of thioether (sulfide) groups is 1. The van der Waals surface area contributed by atoms with Crippen molar-refractivity contribution in [2.75, 3.05) is 0 Å². The molecule has 3 aromatic rings. The Kier molecular flexibility index (Phi) is 4.60. The Labute approximate surface area is 144 Å². The number of H-pyrrole nitrogens is 1. The van der Waals surface area contributed by atoms with Gasteiger partial charge in [-0.2, -0.15) is 4.68 Å². The number of nitrogens with one attached hydrogen (secondary N) is 1. The summed E-state index contributed by atoms with van der Waals surface area (Å²) in [6.07, 6.45) is 0. The second-order valence-corrected chi connectivity index (χ2v) is 6.22. The monoisotopic (exact) mass is 369 g/mol. The molecule has 0 aliphatic rings. The van der Waals surface area contributed by atoms with Crippen molar-refractivity contribution in [1.29, 1.82) is 0 Å². The number of aromatic amines is 1. The molecule has 0 aliphatic heterocycles. The van der Waals surface area contributed by atoms with Gasteiger partial charge in [0.25, 0.3) is 5.56 Å². The van der Waals surface area contributed by atoms with E-state index in [-0.39, 0.29) is 5.56 Å². The smallest absolute Gasteiger partial charge is 0.273 e. The molecule has 1 N–H and O–H groups in total. The number of tetrazole rings is 1. The van der Waals surface area contributed by atoms with Crippen LogP contribution in [0.2, 0.25) is 10.0 Å². The maximum Gasteiger partial charge on any atom is 0.273 e. The predicted octanol–water partition coefficient (Wildman–Crippen LogP) is 2.05. The van der Waals surface area contributed by atoms with Gasteiger partial charge in [-0.3, -0.25) is 9.78 Å². The molecular weight excluding hydrogens is 361 g/mol. The maximum absolute atomic E-state index is 11.5. The van der Waals surface area contributed by atoms with Crippen LogP contribution in [0.15, 0.2) is 28.2 Å². The van der Waals surface area contributed by atoms with Crippen LogP contribution in [0.3, 0.4) is 0 Å². The molecule has 0 aliphatic carbocycles. The van der Waals surface area contributed by atoms with E-state index < -0.39 is 0 Å². The fourth-order valence-corrected chi connectivity index (χ4v) is 2.69. The molecule has 0 amide bonds. The van der Waals surface area contributed by atoms with Gasteiger partial charge in [-0.25, -0.2) is 0 Å². The molecule has 23 heavy (non-hydrogen) atoms. The Morgan fingerprint density at radius 1 is 1.22 bits per heavy atom. The van der Waals surface area contributed by atoms with Gasteiger partial charge < -0.3 is 0 Å². The molecule has 8 nitrogen and oxygen atoms in total. The van der Waals surface area contributed by atoms with Crippen LogP contribution in [-0.4, -0.2) is 35.4 Å². The molecular formula is C12H9Cl2N7OS. The number of aryl methyl sites for hydroxylation is 1. The average molecular weight is 370 g/mol. The Balaban J connectivity index is 1.82. The SMILES string of the molecule is Cc1nnc(SCc2nnnn2-c2ccc(Cl)c(Cl)c2)[nH]c1=O. The molecule has 2 heterocycles. The lowest BCUT2D eigenvalue weighted by atomic mass is 10.3. The molecule has 1 aromatic carbocycles. The lowest BCUT2D eigenvalue weighted by molar-refractivity contribution is 0.774. The first-order chi connectivity index (χ1) is 11.0. The third-order valence-corrected chi connectivity index (χ3v) is 4.46. The van der Waals surface area contributed by atoms with Crippen LogP contribution >= 0.6 is 35.0 Å². The summed E-state index contributed by atoms with van der Waals surface area (Å²) < 4.78 is 1.54. The molecule has 0 atom stereocenters. The highest BCUT2D eigenvalue weighted by Crippen LogP contribution is 2.25. The van der Waals surface area contributed by atoms with Gasteiger partial charge >= 0.3 is 0 Å². The number of aromatic nitrogens is 7. The zero-order chi connectivity index (χ0) is 16.4. The minimum Gasteiger partial charge on any atom is -0.298 e. The van der Waals surface area contributed by atoms with E-state index in [1.807, 2.05) is 0 Å². The van der Waals surface area contributed by atoms with Gasteiger partial charge in [0.2, 0.25) is 0 Å². The van der Waals surface area contributed by atoms with E-state index in [1.165, 1.54) is 16.4 Å². The highest BCUT2D eigenvalue weighted by Gasteiger charge is 2.11. The minimum absolute atomic E-state index is 0.272. The lowest BCUT2D eigenvalue weighted by Gasteiger charge is -2.05. The van der Waals surface area contributed by atoms with Gasteiger partial charge in [-0.15, -0.1) is 15.3 Å². The van der Waals surface area contributed by atoms with Gasteiger partial charge in [0.15, 0.2) is 11.0 Å². The van der Waals surface area contributed by atoms with Crippen LogP contribution in [0.4, 0.5) is 0 Å². The first kappa shape index (κ1) is 15.9. The molecule has 3 rings (SSSR count). The minimum atomic E-state index is -0.272. The number of hydrogen-bond acceptors (Lipinski definition) is 7. The van der Waals surface area contributed by atoms with Gasteiger partial charge in [0.05, 0.1) is 21.5 Å². The van der Waals surface area contributed by atoms with Gasteiger partial charge in [0, 0.05) is 0 Å². The van der Waals surface area contributed by atoms with E-state index >= 15 is 0 Å². The van der Waals surface area contributed by atoms with E-state index in [1.54, 1.807) is 25.1 Å². The van der Waals surface area contributed by atoms with Crippen molar-refractivity contribution >= 4 is 35.0 Å². The van der Waals surface area contributed by atoms with Crippen molar-refractivity contribution in [1.82, 2.24) is 35.4 Å². The van der Waals surface area contributed by atoms with Crippen LogP contribution in [0.1, 0.15) is 11.5 Å². The zero-order valence-corrected chi connectivity index (χ0v) is 14.0. The summed E-state index contributed by atoms with van der Waals surface area (Å²) in [6, 6.07) is 5.09. The average Bonchev–Trinajstić information content (AvgIpc) is 3.00. The van der Waals surface area contributed by atoms with Crippen LogP contribution in [-0.2, 0) is 5.75 Å². The fourth-order valence-electron chi connectivity index (χ4n) is 1.69. The third kappa shape index (κ3) is 3.52.